The van der Waals surface area contributed by atoms with E-state index in [2.05, 4.69) is 182 Å². The van der Waals surface area contributed by atoms with Gasteiger partial charge in [0.2, 0.25) is 5.90 Å². The van der Waals surface area contributed by atoms with E-state index in [0.717, 1.165) is 30.7 Å². The minimum atomic E-state index is -2.59. The number of aliphatic imine (C=N–C) groups is 1. The van der Waals surface area contributed by atoms with Gasteiger partial charge in [-0.25, -0.2) is 4.99 Å². The van der Waals surface area contributed by atoms with Gasteiger partial charge in [0, 0.05) is 11.2 Å². The number of hydrogen-bond donors (Lipinski definition) is 0. The van der Waals surface area contributed by atoms with Gasteiger partial charge in [0.05, 0.1) is 5.69 Å². The summed E-state index contributed by atoms with van der Waals surface area (Å²) in [4.78, 5) is 5.47. The van der Waals surface area contributed by atoms with Gasteiger partial charge >= 0.3 is 0 Å². The lowest BCUT2D eigenvalue weighted by Gasteiger charge is -2.42. The maximum atomic E-state index is 7.37. The van der Waals surface area contributed by atoms with E-state index in [1.807, 2.05) is 6.07 Å². The highest BCUT2D eigenvalue weighted by Crippen LogP contribution is 2.55. The fourth-order valence-electron chi connectivity index (χ4n) is 7.50. The van der Waals surface area contributed by atoms with Crippen molar-refractivity contribution in [3.63, 3.8) is 0 Å². The molecule has 2 nitrogen and oxygen atoms in total. The van der Waals surface area contributed by atoms with Crippen molar-refractivity contribution in [2.24, 2.45) is 4.99 Å². The lowest BCUT2D eigenvalue weighted by Crippen LogP contribution is -2.41. The minimum Gasteiger partial charge on any atom is -0.438 e. The van der Waals surface area contributed by atoms with Crippen LogP contribution in [-0.4, -0.2) is 11.2 Å². The van der Waals surface area contributed by atoms with Gasteiger partial charge in [0.1, 0.15) is 5.76 Å². The van der Waals surface area contributed by atoms with E-state index in [-0.39, 0.29) is 5.92 Å². The zero-order valence-electron chi connectivity index (χ0n) is 27.4. The SMILES string of the molecule is C(=C1CCCC2=C1OC(=Nc1ccccc1)C(=P(c1ccccc1)(c1ccccc1)c1ccccc1)C2c1ccccc1)c1ccccc1. The summed E-state index contributed by atoms with van der Waals surface area (Å²) in [5.74, 6) is 1.64. The first kappa shape index (κ1) is 30.9. The Kier molecular flexibility index (Phi) is 8.80. The third-order valence-corrected chi connectivity index (χ3v) is 14.0. The van der Waals surface area contributed by atoms with Crippen LogP contribution >= 0.6 is 6.89 Å². The molecule has 0 N–H and O–H groups in total. The van der Waals surface area contributed by atoms with Gasteiger partial charge < -0.3 is 4.74 Å². The molecule has 0 saturated heterocycles. The van der Waals surface area contributed by atoms with Crippen LogP contribution in [-0.2, 0) is 4.74 Å². The molecule has 1 aliphatic carbocycles. The van der Waals surface area contributed by atoms with E-state index < -0.39 is 6.89 Å². The largest absolute Gasteiger partial charge is 0.438 e. The first-order valence-electron chi connectivity index (χ1n) is 17.1. The molecule has 1 unspecified atom stereocenters. The number of allylic oxidation sites excluding steroid dienone is 2. The van der Waals surface area contributed by atoms with Crippen molar-refractivity contribution < 1.29 is 4.74 Å². The molecule has 1 atom stereocenters. The average Bonchev–Trinajstić information content (AvgIpc) is 3.18. The van der Waals surface area contributed by atoms with E-state index in [0.29, 0.717) is 5.90 Å². The second-order valence-electron chi connectivity index (χ2n) is 12.5. The highest BCUT2D eigenvalue weighted by molar-refractivity contribution is 7.96. The fourth-order valence-corrected chi connectivity index (χ4v) is 12.2. The summed E-state index contributed by atoms with van der Waals surface area (Å²) in [5, 5.41) is 5.10. The van der Waals surface area contributed by atoms with Crippen molar-refractivity contribution in [1.82, 2.24) is 0 Å². The van der Waals surface area contributed by atoms with E-state index in [4.69, 9.17) is 9.73 Å². The Labute approximate surface area is 289 Å². The number of benzene rings is 6. The first-order valence-corrected chi connectivity index (χ1v) is 18.9. The molecule has 0 saturated carbocycles. The average molecular weight is 652 g/mol. The molecule has 49 heavy (non-hydrogen) atoms. The number of hydrogen-bond acceptors (Lipinski definition) is 2. The van der Waals surface area contributed by atoms with Crippen molar-refractivity contribution >= 4 is 45.8 Å². The van der Waals surface area contributed by atoms with Crippen LogP contribution in [0.4, 0.5) is 5.69 Å². The Morgan fingerprint density at radius 3 is 1.53 bits per heavy atom. The van der Waals surface area contributed by atoms with E-state index in [9.17, 15) is 0 Å². The lowest BCUT2D eigenvalue weighted by molar-refractivity contribution is 0.397. The smallest absolute Gasteiger partial charge is 0.225 e. The van der Waals surface area contributed by atoms with Gasteiger partial charge in [-0.15, -0.1) is 0 Å². The van der Waals surface area contributed by atoms with Crippen LogP contribution in [0, 0.1) is 0 Å². The second kappa shape index (κ2) is 14.0. The molecule has 6 aromatic carbocycles. The standard InChI is InChI=1S/C46H38NOP/c1-7-20-35(21-8-1)34-37-24-19-33-42-43(36-22-9-2-10-23-36)45(46(48-44(37)42)47-38-25-11-3-12-26-38)49(39-27-13-4-14-28-39,40-29-15-5-16-30-40)41-31-17-6-18-32-41/h1-18,20-23,25-32,34,43H,19,24,33H2. The van der Waals surface area contributed by atoms with Gasteiger partial charge in [0.25, 0.3) is 0 Å². The molecule has 0 fully saturated rings. The molecule has 3 heteroatoms. The molecule has 238 valence electrons. The van der Waals surface area contributed by atoms with Crippen molar-refractivity contribution in [1.29, 1.82) is 0 Å². The Morgan fingerprint density at radius 2 is 1.00 bits per heavy atom. The lowest BCUT2D eigenvalue weighted by atomic mass is 9.78. The summed E-state index contributed by atoms with van der Waals surface area (Å²) in [5.41, 5.74) is 5.90. The van der Waals surface area contributed by atoms with Crippen LogP contribution in [0.2, 0.25) is 0 Å². The van der Waals surface area contributed by atoms with Crippen LogP contribution < -0.4 is 15.9 Å². The molecular weight excluding hydrogens is 613 g/mol. The molecule has 0 radical (unpaired) electrons. The topological polar surface area (TPSA) is 21.6 Å². The summed E-state index contributed by atoms with van der Waals surface area (Å²) in [7, 11) is 0. The molecule has 0 amide bonds. The maximum absolute atomic E-state index is 7.37. The third kappa shape index (κ3) is 5.94. The zero-order chi connectivity index (χ0) is 32.9. The van der Waals surface area contributed by atoms with E-state index >= 15 is 0 Å². The van der Waals surface area contributed by atoms with Crippen molar-refractivity contribution in [2.75, 3.05) is 0 Å². The molecule has 1 aliphatic heterocycles. The fraction of sp³-hybridized carbons (Fsp3) is 0.0870. The van der Waals surface area contributed by atoms with Crippen LogP contribution in [0.15, 0.2) is 204 Å². The first-order chi connectivity index (χ1) is 24.3. The third-order valence-electron chi connectivity index (χ3n) is 9.57. The van der Waals surface area contributed by atoms with Gasteiger partial charge in [-0.05, 0) is 82.5 Å². The predicted octanol–water partition coefficient (Wildman–Crippen LogP) is 10.2. The molecule has 8 rings (SSSR count). The number of nitrogens with zero attached hydrogens (tertiary/aromatic N) is 1. The Morgan fingerprint density at radius 1 is 0.531 bits per heavy atom. The van der Waals surface area contributed by atoms with E-state index in [1.54, 1.807) is 0 Å². The summed E-state index contributed by atoms with van der Waals surface area (Å²) in [6.07, 6.45) is 5.30. The predicted molar refractivity (Wildman–Crippen MR) is 209 cm³/mol. The molecule has 6 aromatic rings. The molecular formula is C46H38NOP. The summed E-state index contributed by atoms with van der Waals surface area (Å²) in [6.45, 7) is -2.59. The van der Waals surface area contributed by atoms with Gasteiger partial charge in [-0.3, -0.25) is 0 Å². The summed E-state index contributed by atoms with van der Waals surface area (Å²) in [6, 6.07) is 65.3. The normalized spacial score (nSPS) is 17.9. The molecule has 2 aliphatic rings. The second-order valence-corrected chi connectivity index (χ2v) is 15.9. The van der Waals surface area contributed by atoms with Gasteiger partial charge in [-0.2, -0.15) is 0 Å². The maximum Gasteiger partial charge on any atom is 0.225 e. The summed E-state index contributed by atoms with van der Waals surface area (Å²) < 4.78 is 7.37. The van der Waals surface area contributed by atoms with E-state index in [1.165, 1.54) is 43.5 Å². The summed E-state index contributed by atoms with van der Waals surface area (Å²) >= 11 is 0. The quantitative estimate of drug-likeness (QED) is 0.164. The molecule has 0 bridgehead atoms. The number of para-hydroxylation sites is 1. The van der Waals surface area contributed by atoms with Gasteiger partial charge in [-0.1, -0.05) is 170 Å². The zero-order valence-corrected chi connectivity index (χ0v) is 28.3. The van der Waals surface area contributed by atoms with Crippen molar-refractivity contribution in [3.05, 3.63) is 210 Å². The van der Waals surface area contributed by atoms with Crippen molar-refractivity contribution in [3.8, 4) is 0 Å². The van der Waals surface area contributed by atoms with Crippen LogP contribution in [0.25, 0.3) is 6.08 Å². The van der Waals surface area contributed by atoms with Crippen molar-refractivity contribution in [2.45, 2.75) is 25.2 Å². The number of ether oxygens (including phenoxy) is 1. The molecule has 0 spiro atoms. The minimum absolute atomic E-state index is 0.0409. The highest BCUT2D eigenvalue weighted by atomic mass is 31.2. The monoisotopic (exact) mass is 651 g/mol. The van der Waals surface area contributed by atoms with Crippen LogP contribution in [0.3, 0.4) is 0 Å². The van der Waals surface area contributed by atoms with Crippen LogP contribution in [0.1, 0.15) is 36.3 Å². The highest BCUT2D eigenvalue weighted by Gasteiger charge is 2.44. The molecule has 0 aromatic heterocycles. The Bertz CT molecular complexity index is 2090. The van der Waals surface area contributed by atoms with Gasteiger partial charge in [0.15, 0.2) is 0 Å². The van der Waals surface area contributed by atoms with Crippen LogP contribution in [0.5, 0.6) is 0 Å². The Hall–Kier alpha value is -5.43. The molecule has 1 heterocycles. The number of rotatable bonds is 6. The Balaban J connectivity index is 1.58.